The first kappa shape index (κ1) is 14.3. The van der Waals surface area contributed by atoms with Gasteiger partial charge in [-0.25, -0.2) is 13.6 Å². The predicted octanol–water partition coefficient (Wildman–Crippen LogP) is 2.86. The first-order valence-electron chi connectivity index (χ1n) is 5.72. The van der Waals surface area contributed by atoms with E-state index in [0.717, 1.165) is 18.2 Å². The molecule has 0 fully saturated rings. The van der Waals surface area contributed by atoms with E-state index in [1.54, 1.807) is 6.07 Å². The Morgan fingerprint density at radius 2 is 1.90 bits per heavy atom. The number of nitrogens with zero attached hydrogens (tertiary/aromatic N) is 1. The lowest BCUT2D eigenvalue weighted by Gasteiger charge is -2.13. The second-order valence-corrected chi connectivity index (χ2v) is 4.12. The third kappa shape index (κ3) is 2.74. The maximum Gasteiger partial charge on any atom is 0.340 e. The molecule has 0 amide bonds. The smallest absolute Gasteiger partial charge is 0.340 e. The largest absolute Gasteiger partial charge is 0.478 e. The van der Waals surface area contributed by atoms with Crippen LogP contribution >= 0.6 is 0 Å². The quantitative estimate of drug-likeness (QED) is 0.754. The zero-order valence-corrected chi connectivity index (χ0v) is 10.5. The Morgan fingerprint density at radius 1 is 1.24 bits per heavy atom. The first-order valence-corrected chi connectivity index (χ1v) is 5.72. The molecule has 0 saturated heterocycles. The van der Waals surface area contributed by atoms with E-state index in [2.05, 4.69) is 5.32 Å². The molecule has 0 aliphatic heterocycles. The number of benzene rings is 2. The molecule has 0 saturated carbocycles. The van der Waals surface area contributed by atoms with Gasteiger partial charge in [0.1, 0.15) is 23.3 Å². The fraction of sp³-hybridized carbons (Fsp3) is 0. The van der Waals surface area contributed by atoms with Crippen LogP contribution in [0.1, 0.15) is 15.9 Å². The van der Waals surface area contributed by atoms with Crippen molar-refractivity contribution < 1.29 is 18.7 Å². The van der Waals surface area contributed by atoms with Gasteiger partial charge in [0.25, 0.3) is 0 Å². The summed E-state index contributed by atoms with van der Waals surface area (Å²) in [5.41, 5.74) is 4.61. The number of carbonyl (C=O) groups is 1. The Hall–Kier alpha value is -3.14. The first-order chi connectivity index (χ1) is 9.93. The summed E-state index contributed by atoms with van der Waals surface area (Å²) in [4.78, 5) is 11.2. The lowest BCUT2D eigenvalue weighted by Crippen LogP contribution is -2.09. The number of carboxylic acids is 1. The van der Waals surface area contributed by atoms with E-state index in [9.17, 15) is 13.6 Å². The van der Waals surface area contributed by atoms with E-state index in [1.165, 1.54) is 12.1 Å². The highest BCUT2D eigenvalue weighted by atomic mass is 19.1. The zero-order valence-electron chi connectivity index (χ0n) is 10.5. The average Bonchev–Trinajstić information content (AvgIpc) is 2.44. The highest BCUT2D eigenvalue weighted by Gasteiger charge is 2.18. The minimum atomic E-state index is -1.42. The Balaban J connectivity index is 2.53. The van der Waals surface area contributed by atoms with Gasteiger partial charge in [-0.05, 0) is 30.3 Å². The van der Waals surface area contributed by atoms with Gasteiger partial charge in [0.15, 0.2) is 0 Å². The number of nitrogen functional groups attached to an aromatic ring is 1. The summed E-state index contributed by atoms with van der Waals surface area (Å²) in [5, 5.41) is 20.7. The summed E-state index contributed by atoms with van der Waals surface area (Å²) in [6, 6.07) is 7.34. The monoisotopic (exact) mass is 289 g/mol. The Morgan fingerprint density at radius 3 is 2.52 bits per heavy atom. The van der Waals surface area contributed by atoms with Crippen LogP contribution in [0.5, 0.6) is 0 Å². The minimum absolute atomic E-state index is 0.00417. The van der Waals surface area contributed by atoms with E-state index in [-0.39, 0.29) is 16.9 Å². The molecule has 0 spiro atoms. The molecule has 7 heteroatoms. The van der Waals surface area contributed by atoms with Crippen molar-refractivity contribution in [3.8, 4) is 6.07 Å². The second kappa shape index (κ2) is 5.46. The third-order valence-electron chi connectivity index (χ3n) is 2.78. The van der Waals surface area contributed by atoms with E-state index in [4.69, 9.17) is 16.1 Å². The van der Waals surface area contributed by atoms with Crippen molar-refractivity contribution in [2.24, 2.45) is 0 Å². The van der Waals surface area contributed by atoms with Gasteiger partial charge in [0, 0.05) is 0 Å². The summed E-state index contributed by atoms with van der Waals surface area (Å²) >= 11 is 0. The number of hydrogen-bond donors (Lipinski definition) is 3. The molecule has 0 radical (unpaired) electrons. The van der Waals surface area contributed by atoms with Crippen LogP contribution < -0.4 is 11.1 Å². The molecule has 4 N–H and O–H groups in total. The molecule has 2 aromatic rings. The summed E-state index contributed by atoms with van der Waals surface area (Å²) in [5.74, 6) is -2.89. The zero-order chi connectivity index (χ0) is 15.6. The lowest BCUT2D eigenvalue weighted by atomic mass is 10.1. The van der Waals surface area contributed by atoms with Crippen molar-refractivity contribution in [3.63, 3.8) is 0 Å². The number of carboxylic acid groups (broad SMARTS) is 1. The van der Waals surface area contributed by atoms with Crippen LogP contribution in [0.2, 0.25) is 0 Å². The van der Waals surface area contributed by atoms with Crippen LogP contribution in [0.25, 0.3) is 0 Å². The Labute approximate surface area is 118 Å². The number of nitrogens with one attached hydrogen (secondary N) is 1. The SMILES string of the molecule is N#Cc1cc(F)ccc1Nc1ccc(F)c(N)c1C(=O)O. The molecule has 0 atom stereocenters. The maximum atomic E-state index is 13.3. The molecule has 0 aliphatic rings. The summed E-state index contributed by atoms with van der Waals surface area (Å²) < 4.78 is 26.4. The van der Waals surface area contributed by atoms with Crippen LogP contribution in [0, 0.1) is 23.0 Å². The van der Waals surface area contributed by atoms with Crippen molar-refractivity contribution in [1.82, 2.24) is 0 Å². The van der Waals surface area contributed by atoms with E-state index >= 15 is 0 Å². The number of aromatic carboxylic acids is 1. The molecule has 106 valence electrons. The molecule has 0 heterocycles. The van der Waals surface area contributed by atoms with Gasteiger partial charge in [0.05, 0.1) is 22.6 Å². The van der Waals surface area contributed by atoms with Gasteiger partial charge >= 0.3 is 5.97 Å². The minimum Gasteiger partial charge on any atom is -0.478 e. The number of anilines is 3. The fourth-order valence-corrected chi connectivity index (χ4v) is 1.79. The van der Waals surface area contributed by atoms with Crippen molar-refractivity contribution in [3.05, 3.63) is 53.1 Å². The van der Waals surface area contributed by atoms with Crippen LogP contribution in [0.15, 0.2) is 30.3 Å². The molecule has 0 aromatic heterocycles. The van der Waals surface area contributed by atoms with Crippen LogP contribution in [0.4, 0.5) is 25.8 Å². The normalized spacial score (nSPS) is 9.95. The topological polar surface area (TPSA) is 99.1 Å². The van der Waals surface area contributed by atoms with Gasteiger partial charge in [-0.15, -0.1) is 0 Å². The molecule has 0 aliphatic carbocycles. The molecule has 0 unspecified atom stereocenters. The van der Waals surface area contributed by atoms with Crippen molar-refractivity contribution in [2.75, 3.05) is 11.1 Å². The molecule has 21 heavy (non-hydrogen) atoms. The van der Waals surface area contributed by atoms with Gasteiger partial charge in [-0.1, -0.05) is 0 Å². The van der Waals surface area contributed by atoms with E-state index in [1.807, 2.05) is 0 Å². The number of hydrogen-bond acceptors (Lipinski definition) is 4. The molecule has 5 nitrogen and oxygen atoms in total. The third-order valence-corrected chi connectivity index (χ3v) is 2.78. The Kier molecular flexibility index (Phi) is 3.71. The van der Waals surface area contributed by atoms with Crippen molar-refractivity contribution in [2.45, 2.75) is 0 Å². The standard InChI is InChI=1S/C14H9F2N3O2/c15-8-1-3-10(7(5-8)6-17)19-11-4-2-9(16)13(18)12(11)14(20)21/h1-5,19H,18H2,(H,20,21). The summed E-state index contributed by atoms with van der Waals surface area (Å²) in [6.45, 7) is 0. The highest BCUT2D eigenvalue weighted by Crippen LogP contribution is 2.29. The van der Waals surface area contributed by atoms with Crippen molar-refractivity contribution in [1.29, 1.82) is 5.26 Å². The van der Waals surface area contributed by atoms with Crippen molar-refractivity contribution >= 4 is 23.0 Å². The molecular weight excluding hydrogens is 280 g/mol. The fourth-order valence-electron chi connectivity index (χ4n) is 1.79. The molecule has 2 aromatic carbocycles. The Bertz CT molecular complexity index is 770. The number of rotatable bonds is 3. The maximum absolute atomic E-state index is 13.3. The van der Waals surface area contributed by atoms with Gasteiger partial charge in [-0.3, -0.25) is 0 Å². The van der Waals surface area contributed by atoms with E-state index < -0.39 is 28.9 Å². The highest BCUT2D eigenvalue weighted by molar-refractivity contribution is 6.01. The number of nitriles is 1. The van der Waals surface area contributed by atoms with Gasteiger partial charge < -0.3 is 16.2 Å². The average molecular weight is 289 g/mol. The van der Waals surface area contributed by atoms with Crippen LogP contribution in [-0.2, 0) is 0 Å². The molecule has 2 rings (SSSR count). The molecule has 0 bridgehead atoms. The summed E-state index contributed by atoms with van der Waals surface area (Å²) in [7, 11) is 0. The lowest BCUT2D eigenvalue weighted by molar-refractivity contribution is 0.0698. The van der Waals surface area contributed by atoms with Gasteiger partial charge in [0.2, 0.25) is 0 Å². The number of nitrogens with two attached hydrogens (primary N) is 1. The predicted molar refractivity (Wildman–Crippen MR) is 72.2 cm³/mol. The van der Waals surface area contributed by atoms with Crippen LogP contribution in [0.3, 0.4) is 0 Å². The van der Waals surface area contributed by atoms with Crippen LogP contribution in [-0.4, -0.2) is 11.1 Å². The number of halogens is 2. The summed E-state index contributed by atoms with van der Waals surface area (Å²) in [6.07, 6.45) is 0. The van der Waals surface area contributed by atoms with Gasteiger partial charge in [-0.2, -0.15) is 5.26 Å². The molecular formula is C14H9F2N3O2. The van der Waals surface area contributed by atoms with E-state index in [0.29, 0.717) is 0 Å². The second-order valence-electron chi connectivity index (χ2n) is 4.12.